The Morgan fingerprint density at radius 3 is 2.65 bits per heavy atom. The summed E-state index contributed by atoms with van der Waals surface area (Å²) in [7, 11) is 0. The number of halogens is 1. The summed E-state index contributed by atoms with van der Waals surface area (Å²) in [5.74, 6) is 0.511. The van der Waals surface area contributed by atoms with Gasteiger partial charge in [-0.25, -0.2) is 4.39 Å². The minimum Gasteiger partial charge on any atom is -0.452 e. The molecule has 5 rings (SSSR count). The van der Waals surface area contributed by atoms with Crippen LogP contribution in [0.2, 0.25) is 0 Å². The molecule has 1 amide bonds. The number of hydrogen-bond donors (Lipinski definition) is 1. The van der Waals surface area contributed by atoms with E-state index in [1.807, 2.05) is 44.2 Å². The lowest BCUT2D eigenvalue weighted by Crippen LogP contribution is -2.38. The Morgan fingerprint density at radius 1 is 1.15 bits per heavy atom. The molecule has 34 heavy (non-hydrogen) atoms. The van der Waals surface area contributed by atoms with E-state index in [9.17, 15) is 9.18 Å². The predicted octanol–water partition coefficient (Wildman–Crippen LogP) is 4.88. The van der Waals surface area contributed by atoms with Gasteiger partial charge in [-0.15, -0.1) is 0 Å². The molecular formula is C26H27FN4O3. The Labute approximate surface area is 196 Å². The lowest BCUT2D eigenvalue weighted by atomic mass is 9.96. The van der Waals surface area contributed by atoms with Crippen molar-refractivity contribution in [2.45, 2.75) is 33.2 Å². The second-order valence-corrected chi connectivity index (χ2v) is 8.99. The van der Waals surface area contributed by atoms with E-state index < -0.39 is 0 Å². The van der Waals surface area contributed by atoms with Gasteiger partial charge >= 0.3 is 11.8 Å². The third-order valence-corrected chi connectivity index (χ3v) is 6.56. The number of aryl methyl sites for hydroxylation is 2. The molecule has 1 aliphatic rings. The zero-order chi connectivity index (χ0) is 23.7. The highest BCUT2D eigenvalue weighted by Gasteiger charge is 2.24. The number of likely N-dealkylation sites (tertiary alicyclic amines) is 1. The Kier molecular flexibility index (Phi) is 6.15. The third-order valence-electron chi connectivity index (χ3n) is 6.56. The van der Waals surface area contributed by atoms with Crippen LogP contribution in [0.5, 0.6) is 0 Å². The number of benzene rings is 2. The molecule has 0 bridgehead atoms. The molecule has 0 saturated carbocycles. The first-order valence-electron chi connectivity index (χ1n) is 11.6. The van der Waals surface area contributed by atoms with E-state index in [-0.39, 0.29) is 23.4 Å². The van der Waals surface area contributed by atoms with Crippen molar-refractivity contribution < 1.29 is 18.1 Å². The average molecular weight is 463 g/mol. The number of piperidine rings is 1. The van der Waals surface area contributed by atoms with E-state index in [1.54, 1.807) is 0 Å². The van der Waals surface area contributed by atoms with Crippen LogP contribution in [0.15, 0.2) is 51.4 Å². The second kappa shape index (κ2) is 9.38. The standard InChI is InChI=1S/C26H27FN4O3/c1-16-4-3-5-21-17(2)23(33-22(16)21)24-29-26(34-30-24)25(32)28-14-18-10-12-31(13-11-18)15-19-6-8-20(27)9-7-19/h3-9,18H,10-15H2,1-2H3,(H,28,32). The molecule has 176 valence electrons. The molecule has 4 aromatic rings. The highest BCUT2D eigenvalue weighted by molar-refractivity contribution is 5.91. The minimum atomic E-state index is -0.377. The summed E-state index contributed by atoms with van der Waals surface area (Å²) in [6, 6.07) is 12.6. The molecule has 1 fully saturated rings. The van der Waals surface area contributed by atoms with Crippen LogP contribution in [0, 0.1) is 25.6 Å². The normalized spacial score (nSPS) is 15.1. The van der Waals surface area contributed by atoms with Crippen molar-refractivity contribution >= 4 is 16.9 Å². The van der Waals surface area contributed by atoms with Gasteiger partial charge in [-0.1, -0.05) is 35.5 Å². The largest absolute Gasteiger partial charge is 0.452 e. The fourth-order valence-corrected chi connectivity index (χ4v) is 4.51. The highest BCUT2D eigenvalue weighted by atomic mass is 19.1. The first-order valence-corrected chi connectivity index (χ1v) is 11.6. The van der Waals surface area contributed by atoms with Crippen molar-refractivity contribution in [1.29, 1.82) is 0 Å². The summed E-state index contributed by atoms with van der Waals surface area (Å²) < 4.78 is 24.3. The van der Waals surface area contributed by atoms with Crippen LogP contribution in [0.1, 0.15) is 40.2 Å². The number of nitrogens with one attached hydrogen (secondary N) is 1. The van der Waals surface area contributed by atoms with Crippen molar-refractivity contribution in [3.8, 4) is 11.6 Å². The van der Waals surface area contributed by atoms with Crippen molar-refractivity contribution in [2.24, 2.45) is 5.92 Å². The van der Waals surface area contributed by atoms with Gasteiger partial charge in [0.1, 0.15) is 11.4 Å². The monoisotopic (exact) mass is 462 g/mol. The molecule has 8 heteroatoms. The van der Waals surface area contributed by atoms with Gasteiger partial charge < -0.3 is 14.3 Å². The van der Waals surface area contributed by atoms with Gasteiger partial charge in [-0.2, -0.15) is 4.98 Å². The molecule has 2 aromatic heterocycles. The molecule has 1 N–H and O–H groups in total. The fourth-order valence-electron chi connectivity index (χ4n) is 4.51. The van der Waals surface area contributed by atoms with Crippen LogP contribution in [0.25, 0.3) is 22.6 Å². The molecule has 0 aliphatic carbocycles. The van der Waals surface area contributed by atoms with E-state index >= 15 is 0 Å². The molecule has 3 heterocycles. The van der Waals surface area contributed by atoms with Crippen LogP contribution in [-0.2, 0) is 6.54 Å². The molecule has 0 atom stereocenters. The van der Waals surface area contributed by atoms with Gasteiger partial charge in [0.15, 0.2) is 5.76 Å². The number of aromatic nitrogens is 2. The number of para-hydroxylation sites is 1. The maximum atomic E-state index is 13.1. The van der Waals surface area contributed by atoms with E-state index in [0.29, 0.717) is 18.2 Å². The van der Waals surface area contributed by atoms with E-state index in [0.717, 1.165) is 60.1 Å². The van der Waals surface area contributed by atoms with Crippen molar-refractivity contribution in [1.82, 2.24) is 20.4 Å². The van der Waals surface area contributed by atoms with Gasteiger partial charge in [-0.3, -0.25) is 9.69 Å². The summed E-state index contributed by atoms with van der Waals surface area (Å²) >= 11 is 0. The molecule has 0 unspecified atom stereocenters. The van der Waals surface area contributed by atoms with Crippen LogP contribution >= 0.6 is 0 Å². The van der Waals surface area contributed by atoms with Crippen molar-refractivity contribution in [2.75, 3.05) is 19.6 Å². The molecule has 0 radical (unpaired) electrons. The van der Waals surface area contributed by atoms with Gasteiger partial charge in [0.2, 0.25) is 5.82 Å². The van der Waals surface area contributed by atoms with Crippen molar-refractivity contribution in [3.05, 3.63) is 70.9 Å². The van der Waals surface area contributed by atoms with Crippen LogP contribution in [0.4, 0.5) is 4.39 Å². The number of fused-ring (bicyclic) bond motifs is 1. The number of hydrogen-bond acceptors (Lipinski definition) is 6. The van der Waals surface area contributed by atoms with Gasteiger partial charge in [-0.05, 0) is 69.0 Å². The number of carbonyl (C=O) groups is 1. The smallest absolute Gasteiger partial charge is 0.316 e. The highest BCUT2D eigenvalue weighted by Crippen LogP contribution is 2.33. The molecule has 1 aliphatic heterocycles. The van der Waals surface area contributed by atoms with Gasteiger partial charge in [0.25, 0.3) is 0 Å². The zero-order valence-electron chi connectivity index (χ0n) is 19.3. The third kappa shape index (κ3) is 4.59. The summed E-state index contributed by atoms with van der Waals surface area (Å²) in [5.41, 5.74) is 3.84. The number of rotatable bonds is 6. The molecule has 0 spiro atoms. The van der Waals surface area contributed by atoms with Gasteiger partial charge in [0.05, 0.1) is 0 Å². The second-order valence-electron chi connectivity index (χ2n) is 8.99. The quantitative estimate of drug-likeness (QED) is 0.440. The topological polar surface area (TPSA) is 84.4 Å². The molecule has 1 saturated heterocycles. The van der Waals surface area contributed by atoms with E-state index in [4.69, 9.17) is 8.94 Å². The summed E-state index contributed by atoms with van der Waals surface area (Å²) in [6.45, 7) is 7.17. The summed E-state index contributed by atoms with van der Waals surface area (Å²) in [4.78, 5) is 19.2. The average Bonchev–Trinajstić information content (AvgIpc) is 3.46. The maximum absolute atomic E-state index is 13.1. The Bertz CT molecular complexity index is 1300. The number of furan rings is 1. The van der Waals surface area contributed by atoms with E-state index in [1.165, 1.54) is 12.1 Å². The first kappa shape index (κ1) is 22.3. The first-order chi connectivity index (χ1) is 16.5. The Hall–Kier alpha value is -3.52. The summed E-state index contributed by atoms with van der Waals surface area (Å²) in [6.07, 6.45) is 1.96. The summed E-state index contributed by atoms with van der Waals surface area (Å²) in [5, 5.41) is 7.90. The number of carbonyl (C=O) groups excluding carboxylic acids is 1. The minimum absolute atomic E-state index is 0.0691. The molecule has 7 nitrogen and oxygen atoms in total. The van der Waals surface area contributed by atoms with Gasteiger partial charge in [0, 0.05) is 24.0 Å². The molecule has 2 aromatic carbocycles. The SMILES string of the molecule is Cc1c(-c2noc(C(=O)NCC3CCN(Cc4ccc(F)cc4)CC3)n2)oc2c(C)cccc12. The Morgan fingerprint density at radius 2 is 1.91 bits per heavy atom. The van der Waals surface area contributed by atoms with Crippen LogP contribution in [-0.4, -0.2) is 40.6 Å². The lowest BCUT2D eigenvalue weighted by molar-refractivity contribution is 0.0891. The van der Waals surface area contributed by atoms with Crippen LogP contribution < -0.4 is 5.32 Å². The number of amides is 1. The molecular weight excluding hydrogens is 435 g/mol. The lowest BCUT2D eigenvalue weighted by Gasteiger charge is -2.31. The Balaban J connectivity index is 1.15. The maximum Gasteiger partial charge on any atom is 0.316 e. The predicted molar refractivity (Wildman–Crippen MR) is 126 cm³/mol. The fraction of sp³-hybridized carbons (Fsp3) is 0.346. The zero-order valence-corrected chi connectivity index (χ0v) is 19.3. The number of nitrogens with zero attached hydrogens (tertiary/aromatic N) is 3. The van der Waals surface area contributed by atoms with E-state index in [2.05, 4.69) is 20.4 Å². The van der Waals surface area contributed by atoms with Crippen LogP contribution in [0.3, 0.4) is 0 Å². The van der Waals surface area contributed by atoms with Crippen molar-refractivity contribution in [3.63, 3.8) is 0 Å².